The Labute approximate surface area is 99.5 Å². The summed E-state index contributed by atoms with van der Waals surface area (Å²) in [5.74, 6) is 0.659. The van der Waals surface area contributed by atoms with Crippen molar-refractivity contribution in [1.29, 1.82) is 0 Å². The maximum absolute atomic E-state index is 6.09. The molecule has 0 bridgehead atoms. The minimum absolute atomic E-state index is 0.216. The van der Waals surface area contributed by atoms with Crippen LogP contribution in [0, 0.1) is 0 Å². The first-order valence-electron chi connectivity index (χ1n) is 4.90. The van der Waals surface area contributed by atoms with Crippen LogP contribution in [0.4, 0.5) is 5.69 Å². The summed E-state index contributed by atoms with van der Waals surface area (Å²) in [6.45, 7) is 4.92. The molecular formula is C11H13Cl2NO. The van der Waals surface area contributed by atoms with Crippen LogP contribution in [-0.4, -0.2) is 12.1 Å². The number of rotatable bonds is 0. The molecular weight excluding hydrogens is 233 g/mol. The van der Waals surface area contributed by atoms with Crippen molar-refractivity contribution >= 4 is 28.9 Å². The molecule has 2 rings (SSSR count). The summed E-state index contributed by atoms with van der Waals surface area (Å²) in [6, 6.07) is 3.53. The van der Waals surface area contributed by atoms with E-state index in [1.807, 2.05) is 13.8 Å². The normalized spacial score (nSPS) is 18.4. The number of hydrogen-bond acceptors (Lipinski definition) is 2. The first kappa shape index (κ1) is 10.9. The third-order valence-corrected chi connectivity index (χ3v) is 3.08. The Balaban J connectivity index is 2.51. The van der Waals surface area contributed by atoms with Gasteiger partial charge < -0.3 is 10.1 Å². The zero-order chi connectivity index (χ0) is 11.1. The number of hydrogen-bond donors (Lipinski definition) is 1. The van der Waals surface area contributed by atoms with E-state index in [9.17, 15) is 0 Å². The van der Waals surface area contributed by atoms with Gasteiger partial charge in [0.1, 0.15) is 5.60 Å². The third kappa shape index (κ3) is 2.16. The molecule has 0 aliphatic carbocycles. The van der Waals surface area contributed by atoms with Gasteiger partial charge in [-0.3, -0.25) is 0 Å². The van der Waals surface area contributed by atoms with E-state index in [0.717, 1.165) is 18.7 Å². The van der Waals surface area contributed by atoms with Gasteiger partial charge in [0.25, 0.3) is 0 Å². The Kier molecular flexibility index (Phi) is 2.73. The lowest BCUT2D eigenvalue weighted by Gasteiger charge is -2.24. The molecule has 2 nitrogen and oxygen atoms in total. The molecule has 0 spiro atoms. The Morgan fingerprint density at radius 2 is 1.93 bits per heavy atom. The fourth-order valence-corrected chi connectivity index (χ4v) is 2.03. The summed E-state index contributed by atoms with van der Waals surface area (Å²) in [5.41, 5.74) is 0.585. The largest absolute Gasteiger partial charge is 0.484 e. The maximum atomic E-state index is 6.09. The number of anilines is 1. The fraction of sp³-hybridized carbons (Fsp3) is 0.455. The average molecular weight is 246 g/mol. The minimum Gasteiger partial charge on any atom is -0.484 e. The monoisotopic (exact) mass is 245 g/mol. The highest BCUT2D eigenvalue weighted by molar-refractivity contribution is 6.36. The smallest absolute Gasteiger partial charge is 0.163 e. The van der Waals surface area contributed by atoms with Crippen LogP contribution in [0.3, 0.4) is 0 Å². The molecule has 1 heterocycles. The van der Waals surface area contributed by atoms with E-state index in [1.54, 1.807) is 12.1 Å². The van der Waals surface area contributed by atoms with Gasteiger partial charge in [-0.25, -0.2) is 0 Å². The van der Waals surface area contributed by atoms with Gasteiger partial charge in [0.2, 0.25) is 0 Å². The lowest BCUT2D eigenvalue weighted by Crippen LogP contribution is -2.28. The van der Waals surface area contributed by atoms with Crippen LogP contribution in [0.25, 0.3) is 0 Å². The molecule has 1 aromatic rings. The van der Waals surface area contributed by atoms with Gasteiger partial charge in [-0.15, -0.1) is 0 Å². The molecule has 0 atom stereocenters. The molecule has 82 valence electrons. The van der Waals surface area contributed by atoms with Crippen molar-refractivity contribution < 1.29 is 4.74 Å². The second kappa shape index (κ2) is 3.76. The zero-order valence-corrected chi connectivity index (χ0v) is 10.2. The molecule has 0 unspecified atom stereocenters. The number of ether oxygens (including phenoxy) is 1. The Morgan fingerprint density at radius 1 is 1.27 bits per heavy atom. The van der Waals surface area contributed by atoms with Crippen LogP contribution < -0.4 is 10.1 Å². The van der Waals surface area contributed by atoms with Gasteiger partial charge in [-0.2, -0.15) is 0 Å². The van der Waals surface area contributed by atoms with Crippen LogP contribution in [0.2, 0.25) is 10.0 Å². The topological polar surface area (TPSA) is 21.3 Å². The zero-order valence-electron chi connectivity index (χ0n) is 8.73. The van der Waals surface area contributed by atoms with Gasteiger partial charge in [0, 0.05) is 13.0 Å². The van der Waals surface area contributed by atoms with E-state index in [1.165, 1.54) is 0 Å². The van der Waals surface area contributed by atoms with Crippen molar-refractivity contribution in [2.24, 2.45) is 0 Å². The molecule has 15 heavy (non-hydrogen) atoms. The van der Waals surface area contributed by atoms with Crippen molar-refractivity contribution in [3.8, 4) is 5.75 Å². The molecule has 1 aliphatic heterocycles. The van der Waals surface area contributed by atoms with E-state index in [-0.39, 0.29) is 5.60 Å². The lowest BCUT2D eigenvalue weighted by molar-refractivity contribution is 0.109. The lowest BCUT2D eigenvalue weighted by atomic mass is 10.1. The molecule has 1 N–H and O–H groups in total. The Bertz CT molecular complexity index is 390. The van der Waals surface area contributed by atoms with E-state index >= 15 is 0 Å². The summed E-state index contributed by atoms with van der Waals surface area (Å²) in [6.07, 6.45) is 0.911. The standard InChI is InChI=1S/C11H13Cl2NO/c1-11(2)5-6-14-9-7(12)3-4-8(13)10(9)15-11/h3-4,14H,5-6H2,1-2H3. The van der Waals surface area contributed by atoms with Crippen molar-refractivity contribution in [3.63, 3.8) is 0 Å². The van der Waals surface area contributed by atoms with Gasteiger partial charge in [-0.05, 0) is 26.0 Å². The predicted molar refractivity (Wildman–Crippen MR) is 64.3 cm³/mol. The highest BCUT2D eigenvalue weighted by Gasteiger charge is 2.26. The van der Waals surface area contributed by atoms with Gasteiger partial charge >= 0.3 is 0 Å². The molecule has 0 amide bonds. The van der Waals surface area contributed by atoms with Crippen molar-refractivity contribution in [2.75, 3.05) is 11.9 Å². The fourth-order valence-electron chi connectivity index (χ4n) is 1.61. The number of nitrogens with one attached hydrogen (secondary N) is 1. The first-order chi connectivity index (χ1) is 6.99. The van der Waals surface area contributed by atoms with Crippen molar-refractivity contribution in [1.82, 2.24) is 0 Å². The molecule has 0 saturated carbocycles. The molecule has 0 saturated heterocycles. The minimum atomic E-state index is -0.216. The number of benzene rings is 1. The average Bonchev–Trinajstić information content (AvgIpc) is 2.31. The van der Waals surface area contributed by atoms with Gasteiger partial charge in [0.15, 0.2) is 5.75 Å². The maximum Gasteiger partial charge on any atom is 0.163 e. The summed E-state index contributed by atoms with van der Waals surface area (Å²) < 4.78 is 5.88. The molecule has 4 heteroatoms. The van der Waals surface area contributed by atoms with Gasteiger partial charge in [-0.1, -0.05) is 23.2 Å². The van der Waals surface area contributed by atoms with E-state index < -0.39 is 0 Å². The van der Waals surface area contributed by atoms with E-state index in [2.05, 4.69) is 5.32 Å². The summed E-state index contributed by atoms with van der Waals surface area (Å²) >= 11 is 12.2. The molecule has 0 radical (unpaired) electrons. The number of fused-ring (bicyclic) bond motifs is 1. The van der Waals surface area contributed by atoms with Crippen LogP contribution in [-0.2, 0) is 0 Å². The van der Waals surface area contributed by atoms with Crippen molar-refractivity contribution in [2.45, 2.75) is 25.9 Å². The first-order valence-corrected chi connectivity index (χ1v) is 5.66. The van der Waals surface area contributed by atoms with Crippen LogP contribution in [0.1, 0.15) is 20.3 Å². The third-order valence-electron chi connectivity index (χ3n) is 2.47. The molecule has 0 fully saturated rings. The SMILES string of the molecule is CC1(C)CCNc2c(Cl)ccc(Cl)c2O1. The Morgan fingerprint density at radius 3 is 2.67 bits per heavy atom. The van der Waals surface area contributed by atoms with Crippen LogP contribution in [0.5, 0.6) is 5.75 Å². The quantitative estimate of drug-likeness (QED) is 0.747. The van der Waals surface area contributed by atoms with E-state index in [0.29, 0.717) is 15.8 Å². The van der Waals surface area contributed by atoms with E-state index in [4.69, 9.17) is 27.9 Å². The highest BCUT2D eigenvalue weighted by Crippen LogP contribution is 2.42. The summed E-state index contributed by atoms with van der Waals surface area (Å²) in [7, 11) is 0. The highest BCUT2D eigenvalue weighted by atomic mass is 35.5. The second-order valence-electron chi connectivity index (χ2n) is 4.27. The Hall–Kier alpha value is -0.600. The van der Waals surface area contributed by atoms with Crippen LogP contribution in [0.15, 0.2) is 12.1 Å². The molecule has 1 aromatic carbocycles. The summed E-state index contributed by atoms with van der Waals surface area (Å²) in [5, 5.41) is 4.49. The number of halogens is 2. The molecule has 1 aliphatic rings. The van der Waals surface area contributed by atoms with Crippen LogP contribution >= 0.6 is 23.2 Å². The summed E-state index contributed by atoms with van der Waals surface area (Å²) in [4.78, 5) is 0. The second-order valence-corrected chi connectivity index (χ2v) is 5.09. The molecule has 0 aromatic heterocycles. The predicted octanol–water partition coefficient (Wildman–Crippen LogP) is 3.97. The van der Waals surface area contributed by atoms with Gasteiger partial charge in [0.05, 0.1) is 15.7 Å². The van der Waals surface area contributed by atoms with Crippen molar-refractivity contribution in [3.05, 3.63) is 22.2 Å².